The molecule has 0 aromatic carbocycles. The molecule has 0 aliphatic carbocycles. The van der Waals surface area contributed by atoms with Crippen molar-refractivity contribution in [2.24, 2.45) is 5.73 Å². The average Bonchev–Trinajstić information content (AvgIpc) is 2.70. The first kappa shape index (κ1) is 12.3. The highest BCUT2D eigenvalue weighted by Gasteiger charge is 2.05. The topological polar surface area (TPSA) is 39.2 Å². The summed E-state index contributed by atoms with van der Waals surface area (Å²) in [5.74, 6) is 1.01. The first-order valence-electron chi connectivity index (χ1n) is 6.11. The van der Waals surface area contributed by atoms with Gasteiger partial charge in [-0.1, -0.05) is 39.0 Å². The molecule has 0 spiro atoms. The minimum absolute atomic E-state index is 0.262. The third kappa shape index (κ3) is 5.63. The molecule has 15 heavy (non-hydrogen) atoms. The maximum atomic E-state index is 6.02. The lowest BCUT2D eigenvalue weighted by Crippen LogP contribution is -2.22. The summed E-state index contributed by atoms with van der Waals surface area (Å²) in [6, 6.07) is 4.18. The van der Waals surface area contributed by atoms with Crippen molar-refractivity contribution in [2.75, 3.05) is 0 Å². The number of nitrogens with two attached hydrogens (primary N) is 1. The van der Waals surface area contributed by atoms with Gasteiger partial charge in [-0.25, -0.2) is 0 Å². The van der Waals surface area contributed by atoms with E-state index in [0.717, 1.165) is 18.6 Å². The van der Waals surface area contributed by atoms with Gasteiger partial charge in [0.25, 0.3) is 0 Å². The molecule has 0 amide bonds. The molecule has 0 bridgehead atoms. The van der Waals surface area contributed by atoms with E-state index >= 15 is 0 Å². The Morgan fingerprint density at radius 3 is 2.73 bits per heavy atom. The molecule has 1 unspecified atom stereocenters. The van der Waals surface area contributed by atoms with Crippen LogP contribution in [0.2, 0.25) is 0 Å². The van der Waals surface area contributed by atoms with Crippen LogP contribution in [0, 0.1) is 0 Å². The molecule has 86 valence electrons. The van der Waals surface area contributed by atoms with Crippen LogP contribution in [0.25, 0.3) is 0 Å². The van der Waals surface area contributed by atoms with E-state index < -0.39 is 0 Å². The molecule has 1 aromatic heterocycles. The van der Waals surface area contributed by atoms with Gasteiger partial charge in [-0.3, -0.25) is 0 Å². The largest absolute Gasteiger partial charge is 0.469 e. The van der Waals surface area contributed by atoms with E-state index in [1.807, 2.05) is 12.1 Å². The van der Waals surface area contributed by atoms with Gasteiger partial charge in [0.2, 0.25) is 0 Å². The smallest absolute Gasteiger partial charge is 0.105 e. The molecule has 0 fully saturated rings. The van der Waals surface area contributed by atoms with Crippen molar-refractivity contribution in [3.63, 3.8) is 0 Å². The van der Waals surface area contributed by atoms with Gasteiger partial charge in [-0.05, 0) is 18.6 Å². The Bertz CT molecular complexity index is 231. The highest BCUT2D eigenvalue weighted by atomic mass is 16.3. The van der Waals surface area contributed by atoms with E-state index in [1.54, 1.807) is 6.26 Å². The second-order valence-corrected chi connectivity index (χ2v) is 4.25. The quantitative estimate of drug-likeness (QED) is 0.665. The van der Waals surface area contributed by atoms with Gasteiger partial charge in [0.05, 0.1) is 6.26 Å². The van der Waals surface area contributed by atoms with Crippen LogP contribution in [0.5, 0.6) is 0 Å². The van der Waals surface area contributed by atoms with Crippen molar-refractivity contribution < 1.29 is 4.42 Å². The van der Waals surface area contributed by atoms with E-state index in [4.69, 9.17) is 10.2 Å². The average molecular weight is 209 g/mol. The van der Waals surface area contributed by atoms with Gasteiger partial charge in [-0.15, -0.1) is 0 Å². The van der Waals surface area contributed by atoms with Crippen LogP contribution in [0.15, 0.2) is 22.8 Å². The molecular weight excluding hydrogens is 186 g/mol. The normalized spacial score (nSPS) is 12.9. The molecule has 2 heteroatoms. The van der Waals surface area contributed by atoms with Crippen LogP contribution in [0.1, 0.15) is 51.2 Å². The fraction of sp³-hybridized carbons (Fsp3) is 0.692. The zero-order valence-electron chi connectivity index (χ0n) is 9.74. The first-order chi connectivity index (χ1) is 7.33. The van der Waals surface area contributed by atoms with Gasteiger partial charge < -0.3 is 10.2 Å². The van der Waals surface area contributed by atoms with Crippen LogP contribution < -0.4 is 5.73 Å². The van der Waals surface area contributed by atoms with E-state index in [0.29, 0.717) is 0 Å². The number of hydrogen-bond donors (Lipinski definition) is 1. The third-order valence-electron chi connectivity index (χ3n) is 2.72. The van der Waals surface area contributed by atoms with Crippen LogP contribution in [-0.2, 0) is 6.42 Å². The lowest BCUT2D eigenvalue weighted by molar-refractivity contribution is 0.462. The predicted octanol–water partition coefficient (Wildman–Crippen LogP) is 3.51. The zero-order valence-corrected chi connectivity index (χ0v) is 9.74. The first-order valence-corrected chi connectivity index (χ1v) is 6.11. The number of furan rings is 1. The summed E-state index contributed by atoms with van der Waals surface area (Å²) in [6.07, 6.45) is 10.3. The van der Waals surface area contributed by atoms with Crippen LogP contribution in [0.3, 0.4) is 0 Å². The molecule has 0 saturated carbocycles. The van der Waals surface area contributed by atoms with Gasteiger partial charge >= 0.3 is 0 Å². The molecule has 2 nitrogen and oxygen atoms in total. The minimum atomic E-state index is 0.262. The summed E-state index contributed by atoms with van der Waals surface area (Å²) < 4.78 is 5.27. The second kappa shape index (κ2) is 7.52. The number of unbranched alkanes of at least 4 members (excludes halogenated alkanes) is 4. The molecule has 1 heterocycles. The summed E-state index contributed by atoms with van der Waals surface area (Å²) in [6.45, 7) is 2.24. The highest BCUT2D eigenvalue weighted by molar-refractivity contribution is 4.99. The van der Waals surface area contributed by atoms with Crippen molar-refractivity contribution in [1.82, 2.24) is 0 Å². The standard InChI is InChI=1S/C13H23NO/c1-2-3-4-5-6-8-12(14)11-13-9-7-10-15-13/h7,9-10,12H,2-6,8,11,14H2,1H3. The maximum Gasteiger partial charge on any atom is 0.105 e. The summed E-state index contributed by atoms with van der Waals surface area (Å²) in [4.78, 5) is 0. The minimum Gasteiger partial charge on any atom is -0.469 e. The second-order valence-electron chi connectivity index (χ2n) is 4.25. The Kier molecular flexibility index (Phi) is 6.17. The van der Waals surface area contributed by atoms with Crippen LogP contribution in [0.4, 0.5) is 0 Å². The molecule has 0 saturated heterocycles. The van der Waals surface area contributed by atoms with Crippen molar-refractivity contribution in [3.8, 4) is 0 Å². The van der Waals surface area contributed by atoms with E-state index in [1.165, 1.54) is 32.1 Å². The fourth-order valence-electron chi connectivity index (χ4n) is 1.80. The predicted molar refractivity (Wildman–Crippen MR) is 63.8 cm³/mol. The van der Waals surface area contributed by atoms with E-state index in [9.17, 15) is 0 Å². The molecule has 1 rings (SSSR count). The fourth-order valence-corrected chi connectivity index (χ4v) is 1.80. The summed E-state index contributed by atoms with van der Waals surface area (Å²) in [7, 11) is 0. The molecule has 1 atom stereocenters. The van der Waals surface area contributed by atoms with Crippen molar-refractivity contribution in [1.29, 1.82) is 0 Å². The summed E-state index contributed by atoms with van der Waals surface area (Å²) in [5, 5.41) is 0. The summed E-state index contributed by atoms with van der Waals surface area (Å²) in [5.41, 5.74) is 6.02. The van der Waals surface area contributed by atoms with Crippen LogP contribution >= 0.6 is 0 Å². The molecule has 0 aliphatic heterocycles. The molecule has 0 radical (unpaired) electrons. The van der Waals surface area contributed by atoms with Crippen molar-refractivity contribution >= 4 is 0 Å². The maximum absolute atomic E-state index is 6.02. The van der Waals surface area contributed by atoms with E-state index in [-0.39, 0.29) is 6.04 Å². The lowest BCUT2D eigenvalue weighted by Gasteiger charge is -2.09. The summed E-state index contributed by atoms with van der Waals surface area (Å²) >= 11 is 0. The van der Waals surface area contributed by atoms with Crippen molar-refractivity contribution in [3.05, 3.63) is 24.2 Å². The number of hydrogen-bond acceptors (Lipinski definition) is 2. The molecule has 0 aliphatic rings. The Hall–Kier alpha value is -0.760. The lowest BCUT2D eigenvalue weighted by atomic mass is 10.0. The Morgan fingerprint density at radius 1 is 1.27 bits per heavy atom. The van der Waals surface area contributed by atoms with Crippen molar-refractivity contribution in [2.45, 2.75) is 57.9 Å². The van der Waals surface area contributed by atoms with Gasteiger partial charge in [0.1, 0.15) is 5.76 Å². The zero-order chi connectivity index (χ0) is 10.9. The monoisotopic (exact) mass is 209 g/mol. The van der Waals surface area contributed by atoms with Gasteiger partial charge in [0, 0.05) is 12.5 Å². The Labute approximate surface area is 92.9 Å². The van der Waals surface area contributed by atoms with Crippen LogP contribution in [-0.4, -0.2) is 6.04 Å². The Balaban J connectivity index is 2.01. The number of rotatable bonds is 8. The van der Waals surface area contributed by atoms with Gasteiger partial charge in [0.15, 0.2) is 0 Å². The van der Waals surface area contributed by atoms with E-state index in [2.05, 4.69) is 6.92 Å². The third-order valence-corrected chi connectivity index (χ3v) is 2.72. The molecular formula is C13H23NO. The SMILES string of the molecule is CCCCCCCC(N)Cc1ccco1. The molecule has 2 N–H and O–H groups in total. The van der Waals surface area contributed by atoms with Gasteiger partial charge in [-0.2, -0.15) is 0 Å². The molecule has 1 aromatic rings. The highest BCUT2D eigenvalue weighted by Crippen LogP contribution is 2.10. The Morgan fingerprint density at radius 2 is 2.07 bits per heavy atom.